The van der Waals surface area contributed by atoms with Gasteiger partial charge in [-0.25, -0.2) is 0 Å². The Labute approximate surface area is 202 Å². The van der Waals surface area contributed by atoms with Gasteiger partial charge in [0.2, 0.25) is 5.91 Å². The fourth-order valence-corrected chi connectivity index (χ4v) is 4.43. The molecule has 0 saturated heterocycles. The number of carbonyl (C=O) groups excluding carboxylic acids is 1. The highest BCUT2D eigenvalue weighted by molar-refractivity contribution is 7.99. The van der Waals surface area contributed by atoms with Crippen molar-refractivity contribution in [1.29, 1.82) is 0 Å². The molecule has 0 unspecified atom stereocenters. The molecule has 2 aromatic carbocycles. The number of hydrogen-bond donors (Lipinski definition) is 0. The monoisotopic (exact) mass is 478 g/mol. The van der Waals surface area contributed by atoms with Crippen molar-refractivity contribution in [2.45, 2.75) is 18.6 Å². The number of methoxy groups -OCH3 is 2. The van der Waals surface area contributed by atoms with Crippen LogP contribution in [0, 0.1) is 6.92 Å². The van der Waals surface area contributed by atoms with E-state index in [1.165, 1.54) is 11.8 Å². The molecule has 34 heavy (non-hydrogen) atoms. The predicted octanol–water partition coefficient (Wildman–Crippen LogP) is 4.60. The molecule has 2 heterocycles. The van der Waals surface area contributed by atoms with Crippen LogP contribution in [-0.2, 0) is 11.3 Å². The molecule has 0 aliphatic carbocycles. The Bertz CT molecular complexity index is 1270. The smallest absolute Gasteiger partial charge is 0.233 e. The van der Waals surface area contributed by atoms with Gasteiger partial charge in [-0.2, -0.15) is 0 Å². The van der Waals surface area contributed by atoms with Gasteiger partial charge < -0.3 is 18.8 Å². The number of furan rings is 1. The number of benzene rings is 2. The minimum Gasteiger partial charge on any atom is -0.493 e. The fourth-order valence-electron chi connectivity index (χ4n) is 3.54. The van der Waals surface area contributed by atoms with Crippen LogP contribution in [0.5, 0.6) is 11.5 Å². The number of aromatic nitrogens is 3. The summed E-state index contributed by atoms with van der Waals surface area (Å²) in [6, 6.07) is 17.3. The summed E-state index contributed by atoms with van der Waals surface area (Å²) in [7, 11) is 4.97. The van der Waals surface area contributed by atoms with E-state index < -0.39 is 0 Å². The van der Waals surface area contributed by atoms with Gasteiger partial charge in [0.15, 0.2) is 22.5 Å². The van der Waals surface area contributed by atoms with Crippen LogP contribution in [0.1, 0.15) is 11.3 Å². The van der Waals surface area contributed by atoms with Gasteiger partial charge in [0.05, 0.1) is 31.8 Å². The summed E-state index contributed by atoms with van der Waals surface area (Å²) in [6.45, 7) is 2.34. The Morgan fingerprint density at radius 2 is 1.82 bits per heavy atom. The second-order valence-corrected chi connectivity index (χ2v) is 8.54. The molecule has 0 fully saturated rings. The lowest BCUT2D eigenvalue weighted by molar-refractivity contribution is -0.127. The molecule has 2 aromatic heterocycles. The Hall–Kier alpha value is -3.72. The van der Waals surface area contributed by atoms with Gasteiger partial charge in [-0.15, -0.1) is 10.2 Å². The number of nitrogens with zero attached hydrogens (tertiary/aromatic N) is 4. The molecule has 0 N–H and O–H groups in total. The van der Waals surface area contributed by atoms with E-state index in [9.17, 15) is 4.79 Å². The number of thioether (sulfide) groups is 1. The molecule has 0 radical (unpaired) electrons. The lowest BCUT2D eigenvalue weighted by atomic mass is 10.2. The van der Waals surface area contributed by atoms with Gasteiger partial charge in [0, 0.05) is 19.3 Å². The number of hydrogen-bond acceptors (Lipinski definition) is 7. The molecular formula is C25H26N4O4S. The van der Waals surface area contributed by atoms with E-state index in [0.717, 1.165) is 22.6 Å². The Balaban J connectivity index is 1.51. The average molecular weight is 479 g/mol. The second-order valence-electron chi connectivity index (χ2n) is 7.60. The molecule has 1 amide bonds. The highest BCUT2D eigenvalue weighted by atomic mass is 32.2. The fraction of sp³-hybridized carbons (Fsp3) is 0.240. The zero-order valence-corrected chi connectivity index (χ0v) is 20.3. The summed E-state index contributed by atoms with van der Waals surface area (Å²) in [6.07, 6.45) is 1.63. The van der Waals surface area contributed by atoms with Crippen molar-refractivity contribution >= 4 is 17.7 Å². The third kappa shape index (κ3) is 4.94. The third-order valence-electron chi connectivity index (χ3n) is 5.37. The van der Waals surface area contributed by atoms with Gasteiger partial charge in [-0.1, -0.05) is 36.0 Å². The first-order valence-corrected chi connectivity index (χ1v) is 11.6. The quantitative estimate of drug-likeness (QED) is 0.325. The topological polar surface area (TPSA) is 82.6 Å². The first-order valence-electron chi connectivity index (χ1n) is 10.6. The molecular weight excluding hydrogens is 452 g/mol. The van der Waals surface area contributed by atoms with Crippen molar-refractivity contribution in [3.8, 4) is 28.6 Å². The van der Waals surface area contributed by atoms with Gasteiger partial charge in [-0.05, 0) is 42.8 Å². The number of ether oxygens (including phenoxy) is 2. The lowest BCUT2D eigenvalue weighted by Crippen LogP contribution is -2.27. The van der Waals surface area contributed by atoms with Crippen molar-refractivity contribution in [1.82, 2.24) is 19.7 Å². The van der Waals surface area contributed by atoms with E-state index in [4.69, 9.17) is 13.9 Å². The Morgan fingerprint density at radius 1 is 1.06 bits per heavy atom. The maximum atomic E-state index is 12.9. The van der Waals surface area contributed by atoms with Crippen LogP contribution in [0.2, 0.25) is 0 Å². The van der Waals surface area contributed by atoms with Crippen molar-refractivity contribution in [2.24, 2.45) is 0 Å². The summed E-state index contributed by atoms with van der Waals surface area (Å²) in [5, 5.41) is 9.42. The summed E-state index contributed by atoms with van der Waals surface area (Å²) in [5.74, 6) is 2.91. The van der Waals surface area contributed by atoms with E-state index in [1.807, 2.05) is 66.1 Å². The molecule has 9 heteroatoms. The van der Waals surface area contributed by atoms with Crippen LogP contribution in [-0.4, -0.2) is 52.6 Å². The zero-order valence-electron chi connectivity index (χ0n) is 19.5. The zero-order chi connectivity index (χ0) is 24.1. The molecule has 0 saturated carbocycles. The molecule has 0 atom stereocenters. The first kappa shape index (κ1) is 23.4. The Kier molecular flexibility index (Phi) is 7.22. The number of rotatable bonds is 9. The van der Waals surface area contributed by atoms with Gasteiger partial charge in [0.1, 0.15) is 5.76 Å². The molecule has 0 aliphatic heterocycles. The summed E-state index contributed by atoms with van der Waals surface area (Å²) in [4.78, 5) is 14.6. The van der Waals surface area contributed by atoms with Crippen LogP contribution in [0.4, 0.5) is 0 Å². The van der Waals surface area contributed by atoms with E-state index in [-0.39, 0.29) is 11.7 Å². The summed E-state index contributed by atoms with van der Waals surface area (Å²) >= 11 is 1.35. The number of para-hydroxylation sites is 1. The number of aryl methyl sites for hydroxylation is 1. The minimum atomic E-state index is -0.0246. The van der Waals surface area contributed by atoms with Crippen molar-refractivity contribution < 1.29 is 18.7 Å². The van der Waals surface area contributed by atoms with Crippen LogP contribution in [0.15, 0.2) is 70.4 Å². The third-order valence-corrected chi connectivity index (χ3v) is 6.28. The van der Waals surface area contributed by atoms with E-state index in [0.29, 0.717) is 29.0 Å². The van der Waals surface area contributed by atoms with Crippen LogP contribution in [0.25, 0.3) is 17.1 Å². The number of carbonyl (C=O) groups is 1. The van der Waals surface area contributed by atoms with E-state index in [1.54, 1.807) is 32.4 Å². The Morgan fingerprint density at radius 3 is 2.50 bits per heavy atom. The van der Waals surface area contributed by atoms with E-state index >= 15 is 0 Å². The maximum Gasteiger partial charge on any atom is 0.233 e. The predicted molar refractivity (Wildman–Crippen MR) is 131 cm³/mol. The highest BCUT2D eigenvalue weighted by Crippen LogP contribution is 2.31. The molecule has 176 valence electrons. The SMILES string of the molecule is COc1ccc(CN(C)C(=O)CSc2nnc(-c3ccoc3C)n2-c2ccccc2)cc1OC. The van der Waals surface area contributed by atoms with Gasteiger partial charge >= 0.3 is 0 Å². The molecule has 0 bridgehead atoms. The maximum absolute atomic E-state index is 12.9. The molecule has 8 nitrogen and oxygen atoms in total. The summed E-state index contributed by atoms with van der Waals surface area (Å²) in [5.41, 5.74) is 2.72. The molecule has 0 spiro atoms. The van der Waals surface area contributed by atoms with Crippen LogP contribution in [0.3, 0.4) is 0 Å². The highest BCUT2D eigenvalue weighted by Gasteiger charge is 2.20. The standard InChI is InChI=1S/C25H26N4O4S/c1-17-20(12-13-33-17)24-26-27-25(29(24)19-8-6-5-7-9-19)34-16-23(30)28(2)15-18-10-11-21(31-3)22(14-18)32-4/h5-14H,15-16H2,1-4H3. The van der Waals surface area contributed by atoms with E-state index in [2.05, 4.69) is 10.2 Å². The van der Waals surface area contributed by atoms with Gasteiger partial charge in [0.25, 0.3) is 0 Å². The lowest BCUT2D eigenvalue weighted by Gasteiger charge is -2.18. The van der Waals surface area contributed by atoms with Crippen molar-refractivity contribution in [2.75, 3.05) is 27.0 Å². The number of amides is 1. The molecule has 4 aromatic rings. The van der Waals surface area contributed by atoms with Crippen LogP contribution >= 0.6 is 11.8 Å². The van der Waals surface area contributed by atoms with Crippen LogP contribution < -0.4 is 9.47 Å². The largest absolute Gasteiger partial charge is 0.493 e. The van der Waals surface area contributed by atoms with Crippen molar-refractivity contribution in [3.05, 3.63) is 72.2 Å². The second kappa shape index (κ2) is 10.5. The molecule has 4 rings (SSSR count). The first-order chi connectivity index (χ1) is 16.5. The average Bonchev–Trinajstić information content (AvgIpc) is 3.48. The molecule has 0 aliphatic rings. The normalized spacial score (nSPS) is 10.8. The minimum absolute atomic E-state index is 0.0246. The van der Waals surface area contributed by atoms with Crippen molar-refractivity contribution in [3.63, 3.8) is 0 Å². The van der Waals surface area contributed by atoms with Gasteiger partial charge in [-0.3, -0.25) is 9.36 Å². The summed E-state index contributed by atoms with van der Waals surface area (Å²) < 4.78 is 18.1.